The Labute approximate surface area is 165 Å². The van der Waals surface area contributed by atoms with Gasteiger partial charge in [-0.05, 0) is 37.1 Å². The minimum absolute atomic E-state index is 0.249. The summed E-state index contributed by atoms with van der Waals surface area (Å²) in [6.07, 6.45) is -0.411. The highest BCUT2D eigenvalue weighted by Gasteiger charge is 2.33. The lowest BCUT2D eigenvalue weighted by Crippen LogP contribution is -2.38. The third kappa shape index (κ3) is 3.80. The first-order valence-corrected chi connectivity index (χ1v) is 9.04. The molecule has 1 aliphatic carbocycles. The Balaban J connectivity index is 1.53. The maximum Gasteiger partial charge on any atom is 0.433 e. The third-order valence-electron chi connectivity index (χ3n) is 4.91. The van der Waals surface area contributed by atoms with E-state index in [4.69, 9.17) is 0 Å². The highest BCUT2D eigenvalue weighted by Crippen LogP contribution is 2.32. The largest absolute Gasteiger partial charge is 0.433 e. The number of carbonyl (C=O) groups is 1. The molecule has 0 fully saturated rings. The number of nitrogens with one attached hydrogen (secondary N) is 1. The van der Waals surface area contributed by atoms with Crippen LogP contribution >= 0.6 is 0 Å². The van der Waals surface area contributed by atoms with Crippen molar-refractivity contribution in [3.8, 4) is 5.69 Å². The number of rotatable bonds is 3. The van der Waals surface area contributed by atoms with Gasteiger partial charge in [-0.3, -0.25) is 9.88 Å². The number of anilines is 1. The fourth-order valence-corrected chi connectivity index (χ4v) is 3.36. The predicted octanol–water partition coefficient (Wildman–Crippen LogP) is 4.12. The predicted molar refractivity (Wildman–Crippen MR) is 101 cm³/mol. The minimum Gasteiger partial charge on any atom is -0.331 e. The van der Waals surface area contributed by atoms with Crippen molar-refractivity contribution in [1.82, 2.24) is 20.1 Å². The van der Waals surface area contributed by atoms with Crippen molar-refractivity contribution in [1.29, 1.82) is 0 Å². The van der Waals surface area contributed by atoms with Crippen LogP contribution in [0.25, 0.3) is 5.69 Å². The van der Waals surface area contributed by atoms with Gasteiger partial charge >= 0.3 is 12.2 Å². The van der Waals surface area contributed by atoms with Gasteiger partial charge in [-0.25, -0.2) is 9.48 Å². The molecule has 0 radical (unpaired) electrons. The van der Waals surface area contributed by atoms with Gasteiger partial charge in [-0.1, -0.05) is 18.2 Å². The first-order valence-electron chi connectivity index (χ1n) is 9.04. The molecule has 1 aliphatic rings. The molecule has 1 atom stereocenters. The normalized spacial score (nSPS) is 15.8. The maximum atomic E-state index is 12.9. The van der Waals surface area contributed by atoms with Crippen LogP contribution in [-0.4, -0.2) is 27.8 Å². The lowest BCUT2D eigenvalue weighted by molar-refractivity contribution is -0.141. The zero-order chi connectivity index (χ0) is 20.6. The summed E-state index contributed by atoms with van der Waals surface area (Å²) in [5, 5.41) is 7.38. The first-order chi connectivity index (χ1) is 13.8. The van der Waals surface area contributed by atoms with E-state index in [0.29, 0.717) is 12.8 Å². The number of hydrogen-bond donors (Lipinski definition) is 1. The van der Waals surface area contributed by atoms with Crippen LogP contribution in [0.4, 0.5) is 23.7 Å². The van der Waals surface area contributed by atoms with Gasteiger partial charge in [0, 0.05) is 30.7 Å². The zero-order valence-electron chi connectivity index (χ0n) is 15.5. The number of para-hydroxylation sites is 1. The second-order valence-corrected chi connectivity index (χ2v) is 6.81. The molecule has 0 aliphatic heterocycles. The average Bonchev–Trinajstić information content (AvgIpc) is 3.29. The van der Waals surface area contributed by atoms with Crippen LogP contribution in [0.1, 0.15) is 29.4 Å². The second kappa shape index (κ2) is 7.23. The van der Waals surface area contributed by atoms with Crippen molar-refractivity contribution >= 4 is 11.7 Å². The fraction of sp³-hybridized carbons (Fsp3) is 0.250. The van der Waals surface area contributed by atoms with Gasteiger partial charge in [0.25, 0.3) is 0 Å². The van der Waals surface area contributed by atoms with E-state index in [9.17, 15) is 18.0 Å². The number of hydrogen-bond acceptors (Lipinski definition) is 3. The van der Waals surface area contributed by atoms with E-state index in [1.165, 1.54) is 15.6 Å². The minimum atomic E-state index is -4.52. The smallest absolute Gasteiger partial charge is 0.331 e. The number of benzene rings is 1. The molecule has 4 rings (SSSR count). The van der Waals surface area contributed by atoms with Gasteiger partial charge in [0.15, 0.2) is 0 Å². The van der Waals surface area contributed by atoms with Crippen LogP contribution in [-0.2, 0) is 12.6 Å². The number of amides is 2. The highest BCUT2D eigenvalue weighted by molar-refractivity contribution is 5.91. The molecule has 2 amide bonds. The number of nitrogens with zero attached hydrogens (tertiary/aromatic N) is 4. The van der Waals surface area contributed by atoms with Gasteiger partial charge < -0.3 is 5.32 Å². The first kappa shape index (κ1) is 19.0. The molecule has 2 heterocycles. The summed E-state index contributed by atoms with van der Waals surface area (Å²) in [5.41, 5.74) is 1.64. The molecule has 29 heavy (non-hydrogen) atoms. The molecule has 150 valence electrons. The number of aromatic nitrogens is 3. The zero-order valence-corrected chi connectivity index (χ0v) is 15.5. The molecule has 0 bridgehead atoms. The Morgan fingerprint density at radius 2 is 2.00 bits per heavy atom. The Morgan fingerprint density at radius 3 is 2.72 bits per heavy atom. The molecule has 2 aromatic heterocycles. The maximum absolute atomic E-state index is 12.9. The topological polar surface area (TPSA) is 63.1 Å². The summed E-state index contributed by atoms with van der Waals surface area (Å²) in [4.78, 5) is 17.5. The summed E-state index contributed by atoms with van der Waals surface area (Å²) in [6, 6.07) is 11.1. The number of fused-ring (bicyclic) bond motifs is 1. The van der Waals surface area contributed by atoms with Crippen molar-refractivity contribution in [3.05, 3.63) is 71.8 Å². The second-order valence-electron chi connectivity index (χ2n) is 6.81. The lowest BCUT2D eigenvalue weighted by atomic mass is 10.2. The highest BCUT2D eigenvalue weighted by atomic mass is 19.4. The van der Waals surface area contributed by atoms with Crippen LogP contribution in [0.3, 0.4) is 0 Å². The quantitative estimate of drug-likeness (QED) is 0.718. The summed E-state index contributed by atoms with van der Waals surface area (Å²) in [7, 11) is 1.68. The van der Waals surface area contributed by atoms with E-state index >= 15 is 0 Å². The van der Waals surface area contributed by atoms with Crippen molar-refractivity contribution in [2.75, 3.05) is 11.9 Å². The van der Waals surface area contributed by atoms with Gasteiger partial charge in [-0.15, -0.1) is 0 Å². The summed E-state index contributed by atoms with van der Waals surface area (Å²) in [5.74, 6) is 0. The molecule has 0 saturated heterocycles. The van der Waals surface area contributed by atoms with Crippen molar-refractivity contribution < 1.29 is 18.0 Å². The van der Waals surface area contributed by atoms with Gasteiger partial charge in [0.05, 0.1) is 17.4 Å². The molecular formula is C20H18F3N5O. The average molecular weight is 401 g/mol. The van der Waals surface area contributed by atoms with E-state index in [2.05, 4.69) is 15.4 Å². The summed E-state index contributed by atoms with van der Waals surface area (Å²) in [6.45, 7) is 0. The molecule has 6 nitrogen and oxygen atoms in total. The van der Waals surface area contributed by atoms with E-state index in [0.717, 1.165) is 29.2 Å². The van der Waals surface area contributed by atoms with E-state index < -0.39 is 11.9 Å². The summed E-state index contributed by atoms with van der Waals surface area (Å²) >= 11 is 0. The number of pyridine rings is 1. The fourth-order valence-electron chi connectivity index (χ4n) is 3.36. The van der Waals surface area contributed by atoms with Crippen LogP contribution in [0, 0.1) is 0 Å². The number of carbonyl (C=O) groups excluding carboxylic acids is 1. The molecule has 1 N–H and O–H groups in total. The standard InChI is InChI=1S/C20H18F3N5O/c1-27(13-5-3-2-4-6-13)19(29)25-16-7-8-17-15(16)12-28(26-17)14-9-10-24-18(11-14)20(21,22)23/h2-6,9-12,16H,7-8H2,1H3,(H,25,29). The van der Waals surface area contributed by atoms with Crippen LogP contribution in [0.5, 0.6) is 0 Å². The Hall–Kier alpha value is -3.36. The number of halogens is 3. The van der Waals surface area contributed by atoms with Crippen molar-refractivity contribution in [2.45, 2.75) is 25.1 Å². The Kier molecular flexibility index (Phi) is 4.73. The van der Waals surface area contributed by atoms with Crippen LogP contribution in [0.2, 0.25) is 0 Å². The molecular weight excluding hydrogens is 383 g/mol. The Bertz CT molecular complexity index is 1030. The monoisotopic (exact) mass is 401 g/mol. The van der Waals surface area contributed by atoms with Crippen LogP contribution in [0.15, 0.2) is 54.9 Å². The Morgan fingerprint density at radius 1 is 1.24 bits per heavy atom. The number of alkyl halides is 3. The molecule has 1 aromatic carbocycles. The molecule has 3 aromatic rings. The van der Waals surface area contributed by atoms with Gasteiger partial charge in [0.1, 0.15) is 5.69 Å². The lowest BCUT2D eigenvalue weighted by Gasteiger charge is -2.21. The third-order valence-corrected chi connectivity index (χ3v) is 4.91. The number of aryl methyl sites for hydroxylation is 1. The molecule has 9 heteroatoms. The van der Waals surface area contributed by atoms with Gasteiger partial charge in [0.2, 0.25) is 0 Å². The van der Waals surface area contributed by atoms with Gasteiger partial charge in [-0.2, -0.15) is 18.3 Å². The molecule has 0 saturated carbocycles. The summed E-state index contributed by atoms with van der Waals surface area (Å²) < 4.78 is 40.2. The molecule has 0 spiro atoms. The van der Waals surface area contributed by atoms with E-state index in [1.54, 1.807) is 13.2 Å². The van der Waals surface area contributed by atoms with Crippen molar-refractivity contribution in [3.63, 3.8) is 0 Å². The number of urea groups is 1. The van der Waals surface area contributed by atoms with Crippen molar-refractivity contribution in [2.24, 2.45) is 0 Å². The van der Waals surface area contributed by atoms with E-state index in [-0.39, 0.29) is 17.8 Å². The van der Waals surface area contributed by atoms with E-state index in [1.807, 2.05) is 30.3 Å². The SMILES string of the molecule is CN(C(=O)NC1CCc2nn(-c3ccnc(C(F)(F)F)c3)cc21)c1ccccc1. The molecule has 1 unspecified atom stereocenters. The van der Waals surface area contributed by atoms with Crippen LogP contribution < -0.4 is 10.2 Å².